The first kappa shape index (κ1) is 15.2. The molecular weight excluding hydrogens is 264 g/mol. The number of thiazole rings is 1. The van der Waals surface area contributed by atoms with Crippen molar-refractivity contribution in [3.63, 3.8) is 0 Å². The maximum absolute atomic E-state index is 4.75. The summed E-state index contributed by atoms with van der Waals surface area (Å²) in [6, 6.07) is 7.31. The molecule has 1 atom stereocenters. The van der Waals surface area contributed by atoms with Crippen LogP contribution in [-0.4, -0.2) is 11.0 Å². The van der Waals surface area contributed by atoms with E-state index < -0.39 is 0 Å². The van der Waals surface area contributed by atoms with E-state index in [-0.39, 0.29) is 6.04 Å². The Morgan fingerprint density at radius 2 is 1.75 bits per heavy atom. The predicted octanol–water partition coefficient (Wildman–Crippen LogP) is 4.46. The summed E-state index contributed by atoms with van der Waals surface area (Å²) in [5.74, 6) is 0. The molecule has 0 aliphatic carbocycles. The van der Waals surface area contributed by atoms with Crippen molar-refractivity contribution in [3.8, 4) is 0 Å². The standard InChI is InChI=1S/C17H24N2S/c1-10(2)18-16(17-19-13(5)14(6)20-17)15-8-7-11(3)12(4)9-15/h7-10,16,18H,1-6H3. The highest BCUT2D eigenvalue weighted by atomic mass is 32.1. The lowest BCUT2D eigenvalue weighted by atomic mass is 10.0. The summed E-state index contributed by atoms with van der Waals surface area (Å²) in [5, 5.41) is 4.81. The van der Waals surface area contributed by atoms with Gasteiger partial charge in [0.05, 0.1) is 11.7 Å². The molecule has 20 heavy (non-hydrogen) atoms. The molecule has 0 aliphatic rings. The molecular formula is C17H24N2S. The quantitative estimate of drug-likeness (QED) is 0.898. The SMILES string of the molecule is Cc1ccc(C(NC(C)C)c2nc(C)c(C)s2)cc1C. The Bertz CT molecular complexity index is 580. The summed E-state index contributed by atoms with van der Waals surface area (Å²) in [5.41, 5.74) is 5.12. The predicted molar refractivity (Wildman–Crippen MR) is 87.6 cm³/mol. The Morgan fingerprint density at radius 3 is 2.25 bits per heavy atom. The lowest BCUT2D eigenvalue weighted by Gasteiger charge is -2.20. The van der Waals surface area contributed by atoms with Crippen molar-refractivity contribution in [1.82, 2.24) is 10.3 Å². The molecule has 2 nitrogen and oxygen atoms in total. The van der Waals surface area contributed by atoms with Crippen molar-refractivity contribution in [2.24, 2.45) is 0 Å². The lowest BCUT2D eigenvalue weighted by Crippen LogP contribution is -2.29. The molecule has 0 fully saturated rings. The van der Waals surface area contributed by atoms with Gasteiger partial charge in [0.15, 0.2) is 0 Å². The van der Waals surface area contributed by atoms with E-state index in [9.17, 15) is 0 Å². The molecule has 1 aromatic heterocycles. The Balaban J connectivity index is 2.43. The van der Waals surface area contributed by atoms with Crippen LogP contribution < -0.4 is 5.32 Å². The van der Waals surface area contributed by atoms with Gasteiger partial charge in [-0.3, -0.25) is 0 Å². The number of rotatable bonds is 4. The molecule has 0 bridgehead atoms. The number of hydrogen-bond acceptors (Lipinski definition) is 3. The van der Waals surface area contributed by atoms with E-state index in [2.05, 4.69) is 65.1 Å². The molecule has 108 valence electrons. The van der Waals surface area contributed by atoms with Gasteiger partial charge >= 0.3 is 0 Å². The third kappa shape index (κ3) is 3.28. The first-order valence-electron chi connectivity index (χ1n) is 7.15. The number of nitrogens with one attached hydrogen (secondary N) is 1. The number of benzene rings is 1. The van der Waals surface area contributed by atoms with Gasteiger partial charge in [0.25, 0.3) is 0 Å². The normalized spacial score (nSPS) is 12.9. The fourth-order valence-electron chi connectivity index (χ4n) is 2.21. The summed E-state index contributed by atoms with van der Waals surface area (Å²) in [6.07, 6.45) is 0. The minimum Gasteiger partial charge on any atom is -0.302 e. The summed E-state index contributed by atoms with van der Waals surface area (Å²) < 4.78 is 0. The molecule has 2 aromatic rings. The molecule has 0 aliphatic heterocycles. The topological polar surface area (TPSA) is 24.9 Å². The van der Waals surface area contributed by atoms with Gasteiger partial charge in [-0.05, 0) is 58.2 Å². The van der Waals surface area contributed by atoms with Gasteiger partial charge in [-0.25, -0.2) is 4.98 Å². The monoisotopic (exact) mass is 288 g/mol. The number of aryl methyl sites for hydroxylation is 4. The van der Waals surface area contributed by atoms with Gasteiger partial charge in [0.2, 0.25) is 0 Å². The molecule has 1 heterocycles. The van der Waals surface area contributed by atoms with E-state index in [1.807, 2.05) is 0 Å². The van der Waals surface area contributed by atoms with Crippen LogP contribution in [0.25, 0.3) is 0 Å². The summed E-state index contributed by atoms with van der Waals surface area (Å²) >= 11 is 1.80. The first-order chi connectivity index (χ1) is 9.38. The molecule has 1 aromatic carbocycles. The fourth-order valence-corrected chi connectivity index (χ4v) is 3.22. The second kappa shape index (κ2) is 6.06. The minimum atomic E-state index is 0.187. The smallest absolute Gasteiger partial charge is 0.115 e. The number of hydrogen-bond donors (Lipinski definition) is 1. The van der Waals surface area contributed by atoms with Crippen LogP contribution in [0.1, 0.15) is 52.2 Å². The highest BCUT2D eigenvalue weighted by Crippen LogP contribution is 2.29. The zero-order valence-electron chi connectivity index (χ0n) is 13.2. The van der Waals surface area contributed by atoms with Crippen molar-refractivity contribution < 1.29 is 0 Å². The molecule has 0 saturated carbocycles. The molecule has 3 heteroatoms. The van der Waals surface area contributed by atoms with Gasteiger partial charge in [-0.15, -0.1) is 11.3 Å². The van der Waals surface area contributed by atoms with E-state index in [1.54, 1.807) is 11.3 Å². The second-order valence-corrected chi connectivity index (χ2v) is 7.03. The van der Waals surface area contributed by atoms with E-state index in [0.29, 0.717) is 6.04 Å². The summed E-state index contributed by atoms with van der Waals surface area (Å²) in [6.45, 7) is 12.9. The van der Waals surface area contributed by atoms with Crippen LogP contribution in [0.5, 0.6) is 0 Å². The van der Waals surface area contributed by atoms with Gasteiger partial charge in [0.1, 0.15) is 5.01 Å². The van der Waals surface area contributed by atoms with E-state index in [0.717, 1.165) is 10.7 Å². The highest BCUT2D eigenvalue weighted by molar-refractivity contribution is 7.11. The van der Waals surface area contributed by atoms with Crippen molar-refractivity contribution >= 4 is 11.3 Å². The lowest BCUT2D eigenvalue weighted by molar-refractivity contribution is 0.526. The van der Waals surface area contributed by atoms with Crippen molar-refractivity contribution in [3.05, 3.63) is 50.5 Å². The van der Waals surface area contributed by atoms with Crippen LogP contribution in [0, 0.1) is 27.7 Å². The third-order valence-electron chi connectivity index (χ3n) is 3.66. The largest absolute Gasteiger partial charge is 0.302 e. The molecule has 0 saturated heterocycles. The van der Waals surface area contributed by atoms with Crippen LogP contribution in [0.15, 0.2) is 18.2 Å². The van der Waals surface area contributed by atoms with Gasteiger partial charge < -0.3 is 5.32 Å². The molecule has 0 amide bonds. The van der Waals surface area contributed by atoms with Crippen LogP contribution >= 0.6 is 11.3 Å². The maximum Gasteiger partial charge on any atom is 0.115 e. The molecule has 1 unspecified atom stereocenters. The fraction of sp³-hybridized carbons (Fsp3) is 0.471. The Labute approximate surface area is 126 Å². The van der Waals surface area contributed by atoms with E-state index in [4.69, 9.17) is 4.98 Å². The minimum absolute atomic E-state index is 0.187. The maximum atomic E-state index is 4.75. The highest BCUT2D eigenvalue weighted by Gasteiger charge is 2.19. The third-order valence-corrected chi connectivity index (χ3v) is 4.79. The van der Waals surface area contributed by atoms with Crippen molar-refractivity contribution in [1.29, 1.82) is 0 Å². The first-order valence-corrected chi connectivity index (χ1v) is 7.97. The van der Waals surface area contributed by atoms with Crippen molar-refractivity contribution in [2.45, 2.75) is 53.6 Å². The van der Waals surface area contributed by atoms with Gasteiger partial charge in [0, 0.05) is 10.9 Å². The van der Waals surface area contributed by atoms with E-state index >= 15 is 0 Å². The summed E-state index contributed by atoms with van der Waals surface area (Å²) in [7, 11) is 0. The zero-order chi connectivity index (χ0) is 14.9. The van der Waals surface area contributed by atoms with Crippen LogP contribution in [0.2, 0.25) is 0 Å². The number of nitrogens with zero attached hydrogens (tertiary/aromatic N) is 1. The number of aromatic nitrogens is 1. The van der Waals surface area contributed by atoms with E-state index in [1.165, 1.54) is 21.6 Å². The second-order valence-electron chi connectivity index (χ2n) is 5.79. The van der Waals surface area contributed by atoms with Crippen molar-refractivity contribution in [2.75, 3.05) is 0 Å². The molecule has 0 radical (unpaired) electrons. The average molecular weight is 288 g/mol. The van der Waals surface area contributed by atoms with Gasteiger partial charge in [-0.2, -0.15) is 0 Å². The van der Waals surface area contributed by atoms with Crippen LogP contribution in [-0.2, 0) is 0 Å². The Morgan fingerprint density at radius 1 is 1.05 bits per heavy atom. The van der Waals surface area contributed by atoms with Crippen LogP contribution in [0.3, 0.4) is 0 Å². The zero-order valence-corrected chi connectivity index (χ0v) is 14.1. The Hall–Kier alpha value is -1.19. The summed E-state index contributed by atoms with van der Waals surface area (Å²) in [4.78, 5) is 6.05. The Kier molecular flexibility index (Phi) is 4.61. The average Bonchev–Trinajstić information content (AvgIpc) is 2.70. The van der Waals surface area contributed by atoms with Gasteiger partial charge in [-0.1, -0.05) is 18.2 Å². The molecule has 0 spiro atoms. The molecule has 2 rings (SSSR count). The van der Waals surface area contributed by atoms with Crippen LogP contribution in [0.4, 0.5) is 0 Å². The molecule has 1 N–H and O–H groups in total.